The Morgan fingerprint density at radius 1 is 0.946 bits per heavy atom. The van der Waals surface area contributed by atoms with E-state index in [1.807, 2.05) is 26.0 Å². The number of aromatic nitrogens is 2. The number of piperazine rings is 1. The van der Waals surface area contributed by atoms with Crippen LogP contribution < -0.4 is 5.49 Å². The van der Waals surface area contributed by atoms with Crippen molar-refractivity contribution < 1.29 is 10.2 Å². The van der Waals surface area contributed by atoms with Gasteiger partial charge in [-0.3, -0.25) is 25.3 Å². The molecule has 0 aliphatic carbocycles. The highest BCUT2D eigenvalue weighted by Gasteiger charge is 2.20. The number of hydrogen-bond acceptors (Lipinski definition) is 7. The van der Waals surface area contributed by atoms with Gasteiger partial charge in [0.2, 0.25) is 0 Å². The van der Waals surface area contributed by atoms with Crippen molar-refractivity contribution in [2.75, 3.05) is 32.7 Å². The lowest BCUT2D eigenvalue weighted by atomic mass is 9.98. The van der Waals surface area contributed by atoms with Crippen molar-refractivity contribution in [3.8, 4) is 11.5 Å². The molecule has 0 spiro atoms. The Labute approximate surface area is 216 Å². The predicted octanol–water partition coefficient (Wildman–Crippen LogP) is 4.21. The standard InChI is InChI=1S/C29H34N6O2/c1-4-33-9-11-34(12-10-33)17-19-5-6-25-22(13-19)20-7-8-32-16-24(20)29(31)35(25)28(30)23-14-21(18(2)3)26(36)15-27(23)37/h5-8,13-16,18,30-31,36-37H,4,9-12,17H2,1-3H3. The molecular weight excluding hydrogens is 464 g/mol. The Hall–Kier alpha value is -3.75. The topological polar surface area (TPSA) is 112 Å². The fourth-order valence-electron chi connectivity index (χ4n) is 5.27. The van der Waals surface area contributed by atoms with Gasteiger partial charge in [0.25, 0.3) is 0 Å². The number of nitrogens with zero attached hydrogens (tertiary/aromatic N) is 4. The van der Waals surface area contributed by atoms with Crippen LogP contribution in [-0.4, -0.2) is 68.1 Å². The summed E-state index contributed by atoms with van der Waals surface area (Å²) in [6, 6.07) is 11.0. The third-order valence-corrected chi connectivity index (χ3v) is 7.46. The summed E-state index contributed by atoms with van der Waals surface area (Å²) in [7, 11) is 0. The van der Waals surface area contributed by atoms with E-state index in [1.165, 1.54) is 11.6 Å². The Kier molecular flexibility index (Phi) is 6.70. The van der Waals surface area contributed by atoms with Crippen molar-refractivity contribution in [2.24, 2.45) is 0 Å². The molecule has 8 heteroatoms. The molecule has 0 atom stereocenters. The molecule has 4 aromatic rings. The molecular formula is C29H34N6O2. The van der Waals surface area contributed by atoms with Crippen LogP contribution in [-0.2, 0) is 6.54 Å². The summed E-state index contributed by atoms with van der Waals surface area (Å²) in [5, 5.41) is 41.5. The molecule has 192 valence electrons. The van der Waals surface area contributed by atoms with E-state index in [1.54, 1.807) is 23.0 Å². The lowest BCUT2D eigenvalue weighted by Gasteiger charge is -2.34. The van der Waals surface area contributed by atoms with Gasteiger partial charge >= 0.3 is 0 Å². The summed E-state index contributed by atoms with van der Waals surface area (Å²) in [6.45, 7) is 12.2. The molecule has 0 amide bonds. The second-order valence-corrected chi connectivity index (χ2v) is 10.1. The van der Waals surface area contributed by atoms with E-state index in [-0.39, 0.29) is 34.3 Å². The first kappa shape index (κ1) is 24.9. The Morgan fingerprint density at radius 2 is 1.68 bits per heavy atom. The molecule has 0 saturated carbocycles. The highest BCUT2D eigenvalue weighted by atomic mass is 16.3. The van der Waals surface area contributed by atoms with Crippen LogP contribution in [0, 0.1) is 10.8 Å². The first-order chi connectivity index (χ1) is 17.8. The number of benzene rings is 2. The van der Waals surface area contributed by atoms with E-state index >= 15 is 0 Å². The third kappa shape index (κ3) is 4.58. The molecule has 1 saturated heterocycles. The van der Waals surface area contributed by atoms with Crippen LogP contribution >= 0.6 is 0 Å². The minimum absolute atomic E-state index is 0.00266. The number of hydrogen-bond donors (Lipinski definition) is 4. The number of aromatic hydroxyl groups is 2. The summed E-state index contributed by atoms with van der Waals surface area (Å²) < 4.78 is 1.55. The van der Waals surface area contributed by atoms with Gasteiger partial charge in [-0.25, -0.2) is 0 Å². The zero-order chi connectivity index (χ0) is 26.3. The number of rotatable bonds is 5. The summed E-state index contributed by atoms with van der Waals surface area (Å²) >= 11 is 0. The summed E-state index contributed by atoms with van der Waals surface area (Å²) in [6.07, 6.45) is 3.39. The van der Waals surface area contributed by atoms with Crippen molar-refractivity contribution >= 4 is 27.5 Å². The fraction of sp³-hybridized carbons (Fsp3) is 0.345. The van der Waals surface area contributed by atoms with Gasteiger partial charge in [-0.05, 0) is 53.2 Å². The average Bonchev–Trinajstić information content (AvgIpc) is 2.89. The normalized spacial score (nSPS) is 15.1. The van der Waals surface area contributed by atoms with Gasteiger partial charge in [-0.2, -0.15) is 0 Å². The molecule has 0 unspecified atom stereocenters. The van der Waals surface area contributed by atoms with E-state index < -0.39 is 0 Å². The summed E-state index contributed by atoms with van der Waals surface area (Å²) in [5.41, 5.74) is 2.93. The van der Waals surface area contributed by atoms with Crippen LogP contribution in [0.5, 0.6) is 11.5 Å². The Bertz CT molecular complexity index is 1550. The van der Waals surface area contributed by atoms with E-state index in [4.69, 9.17) is 10.8 Å². The molecule has 0 bridgehead atoms. The molecule has 4 N–H and O–H groups in total. The lowest BCUT2D eigenvalue weighted by molar-refractivity contribution is 0.132. The minimum Gasteiger partial charge on any atom is -0.508 e. The van der Waals surface area contributed by atoms with Crippen LogP contribution in [0.3, 0.4) is 0 Å². The number of nitrogens with one attached hydrogen (secondary N) is 2. The van der Waals surface area contributed by atoms with Gasteiger partial charge in [0.15, 0.2) is 0 Å². The molecule has 2 aromatic heterocycles. The Morgan fingerprint density at radius 3 is 2.38 bits per heavy atom. The average molecular weight is 499 g/mol. The van der Waals surface area contributed by atoms with E-state index in [2.05, 4.69) is 33.8 Å². The van der Waals surface area contributed by atoms with Gasteiger partial charge in [-0.15, -0.1) is 0 Å². The zero-order valence-corrected chi connectivity index (χ0v) is 21.6. The molecule has 1 aliphatic heterocycles. The molecule has 3 heterocycles. The SMILES string of the molecule is CCN1CCN(Cc2ccc3c(c2)c2ccncc2c(=N)n3C(=N)c2cc(C(C)C)c(O)cc2O)CC1. The molecule has 37 heavy (non-hydrogen) atoms. The molecule has 0 radical (unpaired) electrons. The van der Waals surface area contributed by atoms with Crippen LogP contribution in [0.4, 0.5) is 0 Å². The van der Waals surface area contributed by atoms with Crippen LogP contribution in [0.15, 0.2) is 48.8 Å². The second kappa shape index (κ2) is 9.95. The van der Waals surface area contributed by atoms with Crippen molar-refractivity contribution in [1.82, 2.24) is 19.4 Å². The monoisotopic (exact) mass is 498 g/mol. The molecule has 2 aromatic carbocycles. The van der Waals surface area contributed by atoms with Gasteiger partial charge in [-0.1, -0.05) is 26.8 Å². The van der Waals surface area contributed by atoms with Gasteiger partial charge < -0.3 is 15.1 Å². The zero-order valence-electron chi connectivity index (χ0n) is 21.6. The molecule has 5 rings (SSSR count). The Balaban J connectivity index is 1.64. The van der Waals surface area contributed by atoms with Crippen molar-refractivity contribution in [2.45, 2.75) is 33.2 Å². The largest absolute Gasteiger partial charge is 0.508 e. The summed E-state index contributed by atoms with van der Waals surface area (Å²) in [4.78, 5) is 9.18. The summed E-state index contributed by atoms with van der Waals surface area (Å²) in [5.74, 6) is -0.214. The van der Waals surface area contributed by atoms with Gasteiger partial charge in [0.1, 0.15) is 22.8 Å². The van der Waals surface area contributed by atoms with Crippen LogP contribution in [0.1, 0.15) is 43.4 Å². The second-order valence-electron chi connectivity index (χ2n) is 10.1. The number of phenolic OH excluding ortho intramolecular Hbond substituents is 2. The number of pyridine rings is 2. The van der Waals surface area contributed by atoms with Crippen molar-refractivity contribution in [1.29, 1.82) is 10.8 Å². The van der Waals surface area contributed by atoms with Crippen molar-refractivity contribution in [3.63, 3.8) is 0 Å². The molecule has 1 fully saturated rings. The first-order valence-electron chi connectivity index (χ1n) is 12.8. The van der Waals surface area contributed by atoms with E-state index in [0.29, 0.717) is 16.5 Å². The highest BCUT2D eigenvalue weighted by Crippen LogP contribution is 2.33. The maximum Gasteiger partial charge on any atom is 0.142 e. The highest BCUT2D eigenvalue weighted by molar-refractivity contribution is 6.12. The molecule has 1 aliphatic rings. The van der Waals surface area contributed by atoms with E-state index in [0.717, 1.165) is 50.0 Å². The molecule has 8 nitrogen and oxygen atoms in total. The third-order valence-electron chi connectivity index (χ3n) is 7.46. The number of phenols is 2. The predicted molar refractivity (Wildman–Crippen MR) is 147 cm³/mol. The lowest BCUT2D eigenvalue weighted by Crippen LogP contribution is -2.45. The maximum absolute atomic E-state index is 10.7. The number of fused-ring (bicyclic) bond motifs is 3. The smallest absolute Gasteiger partial charge is 0.142 e. The van der Waals surface area contributed by atoms with Gasteiger partial charge in [0.05, 0.1) is 11.1 Å². The van der Waals surface area contributed by atoms with Crippen LogP contribution in [0.25, 0.3) is 21.7 Å². The minimum atomic E-state index is -0.193. The quantitative estimate of drug-likeness (QED) is 0.187. The van der Waals surface area contributed by atoms with Crippen LogP contribution in [0.2, 0.25) is 0 Å². The van der Waals surface area contributed by atoms with E-state index in [9.17, 15) is 10.2 Å². The fourth-order valence-corrected chi connectivity index (χ4v) is 5.27. The first-order valence-corrected chi connectivity index (χ1v) is 12.8. The maximum atomic E-state index is 10.7. The van der Waals surface area contributed by atoms with Crippen molar-refractivity contribution in [3.05, 3.63) is 71.0 Å². The number of likely N-dealkylation sites (N-methyl/N-ethyl adjacent to an activating group) is 1. The van der Waals surface area contributed by atoms with Gasteiger partial charge in [0, 0.05) is 62.0 Å².